The van der Waals surface area contributed by atoms with Crippen molar-refractivity contribution in [1.29, 1.82) is 0 Å². The number of aromatic nitrogens is 1. The van der Waals surface area contributed by atoms with E-state index >= 15 is 0 Å². The summed E-state index contributed by atoms with van der Waals surface area (Å²) in [4.78, 5) is 19.6. The molecule has 6 heteroatoms. The molecule has 0 bridgehead atoms. The Labute approximate surface area is 137 Å². The molecule has 4 nitrogen and oxygen atoms in total. The second kappa shape index (κ2) is 6.46. The minimum atomic E-state index is -0.0768. The second-order valence-corrected chi connectivity index (χ2v) is 7.23. The molecule has 0 aliphatic carbocycles. The van der Waals surface area contributed by atoms with Gasteiger partial charge >= 0.3 is 6.03 Å². The lowest BCUT2D eigenvalue weighted by molar-refractivity contribution is 0.207. The Hall–Kier alpha value is -1.92. The number of para-hydroxylation sites is 1. The first-order valence-corrected chi connectivity index (χ1v) is 8.69. The van der Waals surface area contributed by atoms with Crippen LogP contribution >= 0.6 is 22.7 Å². The van der Waals surface area contributed by atoms with E-state index in [9.17, 15) is 4.79 Å². The molecule has 2 amide bonds. The zero-order valence-corrected chi connectivity index (χ0v) is 14.1. The molecule has 0 spiro atoms. The molecular formula is C16H17N3OS2. The lowest BCUT2D eigenvalue weighted by Gasteiger charge is -2.17. The van der Waals surface area contributed by atoms with Gasteiger partial charge in [0.05, 0.1) is 23.3 Å². The van der Waals surface area contributed by atoms with Crippen LogP contribution in [0.3, 0.4) is 0 Å². The first-order valence-electron chi connectivity index (χ1n) is 7.00. The van der Waals surface area contributed by atoms with Gasteiger partial charge in [-0.1, -0.05) is 12.1 Å². The SMILES string of the molecule is Cc1ccsc1CN(C)C(=O)NCc1nc2ccccc2s1. The molecule has 0 saturated carbocycles. The summed E-state index contributed by atoms with van der Waals surface area (Å²) >= 11 is 3.30. The van der Waals surface area contributed by atoms with E-state index in [1.165, 1.54) is 10.4 Å². The topological polar surface area (TPSA) is 45.2 Å². The van der Waals surface area contributed by atoms with E-state index in [-0.39, 0.29) is 6.03 Å². The van der Waals surface area contributed by atoms with Crippen molar-refractivity contribution in [1.82, 2.24) is 15.2 Å². The Balaban J connectivity index is 1.58. The summed E-state index contributed by atoms with van der Waals surface area (Å²) in [5, 5.41) is 5.91. The molecule has 22 heavy (non-hydrogen) atoms. The Morgan fingerprint density at radius 3 is 2.86 bits per heavy atom. The number of aryl methyl sites for hydroxylation is 1. The molecule has 0 aliphatic rings. The fourth-order valence-corrected chi connectivity index (χ4v) is 4.00. The first-order chi connectivity index (χ1) is 10.6. The van der Waals surface area contributed by atoms with E-state index in [2.05, 4.69) is 28.7 Å². The van der Waals surface area contributed by atoms with Gasteiger partial charge in [-0.25, -0.2) is 9.78 Å². The zero-order chi connectivity index (χ0) is 15.5. The standard InChI is InChI=1S/C16H17N3OS2/c1-11-7-8-21-14(11)10-19(2)16(20)17-9-15-18-12-5-3-4-6-13(12)22-15/h3-8H,9-10H2,1-2H3,(H,17,20). The highest BCUT2D eigenvalue weighted by Gasteiger charge is 2.12. The van der Waals surface area contributed by atoms with Crippen molar-refractivity contribution in [3.8, 4) is 0 Å². The molecule has 114 valence electrons. The zero-order valence-electron chi connectivity index (χ0n) is 12.5. The molecule has 1 N–H and O–H groups in total. The van der Waals surface area contributed by atoms with E-state index in [1.807, 2.05) is 31.3 Å². The van der Waals surface area contributed by atoms with Crippen LogP contribution in [-0.4, -0.2) is 23.0 Å². The van der Waals surface area contributed by atoms with Gasteiger partial charge in [-0.3, -0.25) is 0 Å². The molecular weight excluding hydrogens is 314 g/mol. The average molecular weight is 331 g/mol. The summed E-state index contributed by atoms with van der Waals surface area (Å²) in [5.41, 5.74) is 2.22. The van der Waals surface area contributed by atoms with Crippen LogP contribution in [0.25, 0.3) is 10.2 Å². The van der Waals surface area contributed by atoms with Gasteiger partial charge in [0.25, 0.3) is 0 Å². The minimum Gasteiger partial charge on any atom is -0.331 e. The van der Waals surface area contributed by atoms with E-state index in [0.717, 1.165) is 15.2 Å². The van der Waals surface area contributed by atoms with Crippen LogP contribution in [0.5, 0.6) is 0 Å². The number of carbonyl (C=O) groups excluding carboxylic acids is 1. The van der Waals surface area contributed by atoms with Crippen molar-refractivity contribution in [2.24, 2.45) is 0 Å². The maximum absolute atomic E-state index is 12.2. The van der Waals surface area contributed by atoms with Crippen molar-refractivity contribution in [2.75, 3.05) is 7.05 Å². The van der Waals surface area contributed by atoms with Crippen LogP contribution < -0.4 is 5.32 Å². The maximum atomic E-state index is 12.2. The quantitative estimate of drug-likeness (QED) is 0.785. The van der Waals surface area contributed by atoms with Gasteiger partial charge in [-0.05, 0) is 36.1 Å². The monoisotopic (exact) mass is 331 g/mol. The lowest BCUT2D eigenvalue weighted by atomic mass is 10.3. The van der Waals surface area contributed by atoms with E-state index in [4.69, 9.17) is 0 Å². The molecule has 0 saturated heterocycles. The number of thiazole rings is 1. The molecule has 0 fully saturated rings. The summed E-state index contributed by atoms with van der Waals surface area (Å²) in [6.45, 7) is 3.17. The summed E-state index contributed by atoms with van der Waals surface area (Å²) in [6.07, 6.45) is 0. The van der Waals surface area contributed by atoms with Crippen LogP contribution in [0.2, 0.25) is 0 Å². The number of thiophene rings is 1. The van der Waals surface area contributed by atoms with Crippen LogP contribution in [0.15, 0.2) is 35.7 Å². The molecule has 3 aromatic rings. The van der Waals surface area contributed by atoms with Crippen LogP contribution in [0, 0.1) is 6.92 Å². The van der Waals surface area contributed by atoms with Gasteiger partial charge in [-0.2, -0.15) is 0 Å². The van der Waals surface area contributed by atoms with Crippen LogP contribution in [0.1, 0.15) is 15.4 Å². The normalized spacial score (nSPS) is 10.8. The number of hydrogen-bond acceptors (Lipinski definition) is 4. The molecule has 2 aromatic heterocycles. The predicted octanol–water partition coefficient (Wildman–Crippen LogP) is 4.01. The highest BCUT2D eigenvalue weighted by molar-refractivity contribution is 7.18. The fraction of sp³-hybridized carbons (Fsp3) is 0.250. The number of nitrogens with one attached hydrogen (secondary N) is 1. The third-order valence-corrected chi connectivity index (χ3v) is 5.47. The van der Waals surface area contributed by atoms with Gasteiger partial charge in [0.2, 0.25) is 0 Å². The largest absolute Gasteiger partial charge is 0.331 e. The number of rotatable bonds is 4. The van der Waals surface area contributed by atoms with Gasteiger partial charge in [0, 0.05) is 11.9 Å². The van der Waals surface area contributed by atoms with Crippen LogP contribution in [-0.2, 0) is 13.1 Å². The molecule has 0 radical (unpaired) electrons. The maximum Gasteiger partial charge on any atom is 0.317 e. The van der Waals surface area contributed by atoms with Crippen molar-refractivity contribution in [3.05, 3.63) is 51.2 Å². The number of carbonyl (C=O) groups is 1. The van der Waals surface area contributed by atoms with Crippen molar-refractivity contribution < 1.29 is 4.79 Å². The summed E-state index contributed by atoms with van der Waals surface area (Å²) in [7, 11) is 1.81. The fourth-order valence-electron chi connectivity index (χ4n) is 2.14. The van der Waals surface area contributed by atoms with Gasteiger partial charge in [-0.15, -0.1) is 22.7 Å². The summed E-state index contributed by atoms with van der Waals surface area (Å²) in [5.74, 6) is 0. The molecule has 2 heterocycles. The number of hydrogen-bond donors (Lipinski definition) is 1. The summed E-state index contributed by atoms with van der Waals surface area (Å²) < 4.78 is 1.15. The predicted molar refractivity (Wildman–Crippen MR) is 92.4 cm³/mol. The first kappa shape index (κ1) is 15.0. The Kier molecular flexibility index (Phi) is 4.40. The third kappa shape index (κ3) is 3.28. The average Bonchev–Trinajstić information content (AvgIpc) is 3.10. The molecule has 3 rings (SSSR count). The second-order valence-electron chi connectivity index (χ2n) is 5.12. The molecule has 0 aliphatic heterocycles. The number of urea groups is 1. The van der Waals surface area contributed by atoms with Crippen molar-refractivity contribution in [2.45, 2.75) is 20.0 Å². The Bertz CT molecular complexity index is 760. The molecule has 1 aromatic carbocycles. The number of benzene rings is 1. The smallest absolute Gasteiger partial charge is 0.317 e. The van der Waals surface area contributed by atoms with E-state index < -0.39 is 0 Å². The van der Waals surface area contributed by atoms with Gasteiger partial charge in [0.1, 0.15) is 5.01 Å². The number of fused-ring (bicyclic) bond motifs is 1. The molecule has 0 unspecified atom stereocenters. The minimum absolute atomic E-state index is 0.0768. The third-order valence-electron chi connectivity index (χ3n) is 3.42. The number of nitrogens with zero attached hydrogens (tertiary/aromatic N) is 2. The Morgan fingerprint density at radius 2 is 2.14 bits per heavy atom. The highest BCUT2D eigenvalue weighted by atomic mass is 32.1. The van der Waals surface area contributed by atoms with Crippen molar-refractivity contribution in [3.63, 3.8) is 0 Å². The lowest BCUT2D eigenvalue weighted by Crippen LogP contribution is -2.36. The number of amides is 2. The highest BCUT2D eigenvalue weighted by Crippen LogP contribution is 2.21. The molecule has 0 atom stereocenters. The Morgan fingerprint density at radius 1 is 1.32 bits per heavy atom. The van der Waals surface area contributed by atoms with Gasteiger partial charge < -0.3 is 10.2 Å². The van der Waals surface area contributed by atoms with Crippen molar-refractivity contribution >= 4 is 38.9 Å². The van der Waals surface area contributed by atoms with Crippen LogP contribution in [0.4, 0.5) is 4.79 Å². The van der Waals surface area contributed by atoms with Gasteiger partial charge in [0.15, 0.2) is 0 Å². The van der Waals surface area contributed by atoms with E-state index in [0.29, 0.717) is 13.1 Å². The van der Waals surface area contributed by atoms with E-state index in [1.54, 1.807) is 27.6 Å². The summed E-state index contributed by atoms with van der Waals surface area (Å²) in [6, 6.07) is 10.0.